The van der Waals surface area contributed by atoms with Crippen LogP contribution >= 0.6 is 0 Å². The number of carbonyl (C=O) groups is 3. The van der Waals surface area contributed by atoms with Crippen LogP contribution in [0, 0.1) is 17.8 Å². The van der Waals surface area contributed by atoms with E-state index in [0.29, 0.717) is 32.4 Å². The summed E-state index contributed by atoms with van der Waals surface area (Å²) in [5.41, 5.74) is -1.98. The van der Waals surface area contributed by atoms with Crippen LogP contribution in [0.3, 0.4) is 0 Å². The van der Waals surface area contributed by atoms with Crippen molar-refractivity contribution in [3.05, 3.63) is 25.3 Å². The van der Waals surface area contributed by atoms with Gasteiger partial charge in [0.05, 0.1) is 18.1 Å². The Morgan fingerprint density at radius 3 is 2.68 bits per heavy atom. The first kappa shape index (κ1) is 26.4. The molecule has 1 spiro atoms. The van der Waals surface area contributed by atoms with Gasteiger partial charge in [0.15, 0.2) is 0 Å². The molecule has 0 aromatic heterocycles. The van der Waals surface area contributed by atoms with Crippen LogP contribution in [-0.4, -0.2) is 82.8 Å². The average Bonchev–Trinajstić information content (AvgIpc) is 3.31. The van der Waals surface area contributed by atoms with Crippen molar-refractivity contribution in [3.63, 3.8) is 0 Å². The summed E-state index contributed by atoms with van der Waals surface area (Å²) < 4.78 is 12.2. The van der Waals surface area contributed by atoms with Crippen molar-refractivity contribution in [3.8, 4) is 0 Å². The van der Waals surface area contributed by atoms with E-state index in [1.807, 2.05) is 13.8 Å². The van der Waals surface area contributed by atoms with E-state index in [9.17, 15) is 19.5 Å². The Morgan fingerprint density at radius 1 is 1.32 bits per heavy atom. The molecule has 3 aliphatic heterocycles. The fraction of sp³-hybridized carbons (Fsp3) is 0.731. The first-order valence-electron chi connectivity index (χ1n) is 12.5. The van der Waals surface area contributed by atoms with Crippen LogP contribution in [0.1, 0.15) is 52.9 Å². The average molecular weight is 477 g/mol. The van der Waals surface area contributed by atoms with Crippen molar-refractivity contribution in [1.29, 1.82) is 0 Å². The minimum Gasteiger partial charge on any atom is -0.465 e. The first-order chi connectivity index (χ1) is 16.2. The number of esters is 1. The van der Waals surface area contributed by atoms with Gasteiger partial charge in [0.1, 0.15) is 17.6 Å². The highest BCUT2D eigenvalue weighted by molar-refractivity contribution is 5.98. The molecular formula is C26H40N2O6. The van der Waals surface area contributed by atoms with Gasteiger partial charge in [-0.25, -0.2) is 0 Å². The largest absolute Gasteiger partial charge is 0.465 e. The molecule has 0 aromatic rings. The highest BCUT2D eigenvalue weighted by atomic mass is 16.6. The van der Waals surface area contributed by atoms with Crippen LogP contribution < -0.4 is 0 Å². The number of unbranched alkanes of at least 4 members (excludes halogenated alkanes) is 1. The van der Waals surface area contributed by atoms with E-state index in [-0.39, 0.29) is 37.5 Å². The highest BCUT2D eigenvalue weighted by Gasteiger charge is 2.80. The predicted molar refractivity (Wildman–Crippen MR) is 128 cm³/mol. The Balaban J connectivity index is 2.03. The van der Waals surface area contributed by atoms with Crippen LogP contribution in [0.4, 0.5) is 0 Å². The highest BCUT2D eigenvalue weighted by Crippen LogP contribution is 2.65. The van der Waals surface area contributed by atoms with Gasteiger partial charge in [0.25, 0.3) is 0 Å². The quantitative estimate of drug-likeness (QED) is 0.249. The second-order valence-electron chi connectivity index (χ2n) is 9.98. The molecule has 6 atom stereocenters. The Morgan fingerprint density at radius 2 is 2.06 bits per heavy atom. The van der Waals surface area contributed by atoms with E-state index in [1.54, 1.807) is 22.0 Å². The maximum atomic E-state index is 14.0. The number of fused-ring (bicyclic) bond motifs is 1. The molecule has 34 heavy (non-hydrogen) atoms. The minimum absolute atomic E-state index is 0.0370. The lowest BCUT2D eigenvalue weighted by Gasteiger charge is -2.37. The van der Waals surface area contributed by atoms with E-state index in [1.165, 1.54) is 0 Å². The summed E-state index contributed by atoms with van der Waals surface area (Å²) in [7, 11) is 0. The van der Waals surface area contributed by atoms with E-state index >= 15 is 0 Å². The third kappa shape index (κ3) is 4.19. The zero-order chi connectivity index (χ0) is 25.1. The molecule has 3 aliphatic rings. The molecule has 0 aromatic carbocycles. The van der Waals surface area contributed by atoms with Gasteiger partial charge in [0, 0.05) is 26.2 Å². The van der Waals surface area contributed by atoms with Crippen LogP contribution in [0.15, 0.2) is 25.3 Å². The van der Waals surface area contributed by atoms with Gasteiger partial charge in [-0.3, -0.25) is 14.4 Å². The second kappa shape index (κ2) is 10.6. The van der Waals surface area contributed by atoms with Crippen molar-refractivity contribution in [2.45, 2.75) is 70.1 Å². The molecule has 3 fully saturated rings. The lowest BCUT2D eigenvalue weighted by molar-refractivity contribution is -0.162. The number of carbonyl (C=O) groups excluding carboxylic acids is 3. The lowest BCUT2D eigenvalue weighted by Crippen LogP contribution is -2.56. The maximum Gasteiger partial charge on any atom is 0.312 e. The number of hydrogen-bond donors (Lipinski definition) is 1. The molecule has 3 unspecified atom stereocenters. The number of hydrogen-bond acceptors (Lipinski definition) is 6. The van der Waals surface area contributed by atoms with Crippen molar-refractivity contribution < 1.29 is 29.0 Å². The van der Waals surface area contributed by atoms with Gasteiger partial charge >= 0.3 is 5.97 Å². The molecule has 3 heterocycles. The topological polar surface area (TPSA) is 96.4 Å². The molecule has 2 amide bonds. The number of likely N-dealkylation sites (tertiary alicyclic amines) is 1. The van der Waals surface area contributed by atoms with Crippen molar-refractivity contribution in [1.82, 2.24) is 9.80 Å². The SMILES string of the molecule is C=CCCOC(=O)[C@H]1[C@H]2C(=O)N(CCCO)C(C(=O)N(CC=C)CCCC)C23CC(C)[C@]1(C)O3. The number of aliphatic hydroxyl groups excluding tert-OH is 1. The number of nitrogens with zero attached hydrogens (tertiary/aromatic N) is 2. The van der Waals surface area contributed by atoms with Gasteiger partial charge in [-0.05, 0) is 38.5 Å². The van der Waals surface area contributed by atoms with Crippen LogP contribution in [0.2, 0.25) is 0 Å². The Hall–Kier alpha value is -2.19. The zero-order valence-electron chi connectivity index (χ0n) is 20.8. The summed E-state index contributed by atoms with van der Waals surface area (Å²) in [4.78, 5) is 44.4. The fourth-order valence-corrected chi connectivity index (χ4v) is 6.16. The Bertz CT molecular complexity index is 815. The summed E-state index contributed by atoms with van der Waals surface area (Å²) in [5.74, 6) is -2.51. The normalized spacial score (nSPS) is 33.6. The molecule has 3 saturated heterocycles. The summed E-state index contributed by atoms with van der Waals surface area (Å²) in [6.45, 7) is 14.6. The third-order valence-electron chi connectivity index (χ3n) is 7.87. The minimum atomic E-state index is -1.09. The number of aliphatic hydroxyl groups is 1. The van der Waals surface area contributed by atoms with E-state index in [0.717, 1.165) is 12.8 Å². The molecule has 190 valence electrons. The second-order valence-corrected chi connectivity index (χ2v) is 9.98. The van der Waals surface area contributed by atoms with E-state index in [4.69, 9.17) is 9.47 Å². The number of ether oxygens (including phenoxy) is 2. The van der Waals surface area contributed by atoms with Gasteiger partial charge < -0.3 is 24.4 Å². The fourth-order valence-electron chi connectivity index (χ4n) is 6.16. The summed E-state index contributed by atoms with van der Waals surface area (Å²) in [6.07, 6.45) is 6.50. The molecule has 3 rings (SSSR count). The smallest absolute Gasteiger partial charge is 0.312 e. The molecule has 8 nitrogen and oxygen atoms in total. The Kier molecular flexibility index (Phi) is 8.24. The van der Waals surface area contributed by atoms with Gasteiger partial charge in [-0.2, -0.15) is 0 Å². The predicted octanol–water partition coefficient (Wildman–Crippen LogP) is 2.31. The molecule has 0 saturated carbocycles. The van der Waals surface area contributed by atoms with E-state index in [2.05, 4.69) is 20.1 Å². The van der Waals surface area contributed by atoms with Gasteiger partial charge in [-0.15, -0.1) is 13.2 Å². The van der Waals surface area contributed by atoms with Crippen molar-refractivity contribution >= 4 is 17.8 Å². The maximum absolute atomic E-state index is 14.0. The lowest BCUT2D eigenvalue weighted by atomic mass is 9.62. The first-order valence-corrected chi connectivity index (χ1v) is 12.5. The molecule has 0 aliphatic carbocycles. The zero-order valence-corrected chi connectivity index (χ0v) is 20.8. The molecular weight excluding hydrogens is 436 g/mol. The molecule has 0 radical (unpaired) electrons. The number of rotatable bonds is 13. The third-order valence-corrected chi connectivity index (χ3v) is 7.87. The van der Waals surface area contributed by atoms with Gasteiger partial charge in [-0.1, -0.05) is 32.4 Å². The summed E-state index contributed by atoms with van der Waals surface area (Å²) >= 11 is 0. The Labute approximate surface area is 202 Å². The monoisotopic (exact) mass is 476 g/mol. The van der Waals surface area contributed by atoms with E-state index < -0.39 is 35.0 Å². The molecule has 8 heteroatoms. The standard InChI is InChI=1S/C26H40N2O6/c1-6-9-13-27(12-8-3)23(31)21-26-17-18(4)25(5,34-26)20(24(32)33-16-10-7-2)19(26)22(30)28(21)14-11-15-29/h7-8,18-21,29H,2-3,6,9-17H2,1,4-5H3/t18?,19-,20+,21?,25-,26?/m0/s1. The molecule has 1 N–H and O–H groups in total. The van der Waals surface area contributed by atoms with Gasteiger partial charge in [0.2, 0.25) is 11.8 Å². The summed E-state index contributed by atoms with van der Waals surface area (Å²) in [5, 5.41) is 9.46. The van der Waals surface area contributed by atoms with Crippen molar-refractivity contribution in [2.24, 2.45) is 17.8 Å². The van der Waals surface area contributed by atoms with Crippen LogP contribution in [0.5, 0.6) is 0 Å². The molecule has 2 bridgehead atoms. The van der Waals surface area contributed by atoms with Crippen LogP contribution in [0.25, 0.3) is 0 Å². The number of amides is 2. The summed E-state index contributed by atoms with van der Waals surface area (Å²) in [6, 6.07) is -0.844. The van der Waals surface area contributed by atoms with Crippen molar-refractivity contribution in [2.75, 3.05) is 32.8 Å². The van der Waals surface area contributed by atoms with Crippen LogP contribution in [-0.2, 0) is 23.9 Å².